The first-order valence-electron chi connectivity index (χ1n) is 6.66. The lowest BCUT2D eigenvalue weighted by Gasteiger charge is -2.15. The lowest BCUT2D eigenvalue weighted by atomic mass is 9.95. The van der Waals surface area contributed by atoms with Crippen LogP contribution in [0.25, 0.3) is 0 Å². The summed E-state index contributed by atoms with van der Waals surface area (Å²) in [4.78, 5) is 0. The lowest BCUT2D eigenvalue weighted by Crippen LogP contribution is -2.14. The van der Waals surface area contributed by atoms with Crippen LogP contribution in [0, 0.1) is 11.7 Å². The number of hydrogen-bond donors (Lipinski definition) is 1. The molecule has 2 N–H and O–H groups in total. The Morgan fingerprint density at radius 3 is 2.47 bits per heavy atom. The monoisotopic (exact) mass is 257 g/mol. The molecule has 0 spiro atoms. The van der Waals surface area contributed by atoms with E-state index >= 15 is 0 Å². The molecule has 1 atom stereocenters. The second-order valence-corrected chi connectivity index (χ2v) is 5.34. The first-order chi connectivity index (χ1) is 9.08. The van der Waals surface area contributed by atoms with Crippen LogP contribution in [0.15, 0.2) is 48.5 Å². The number of rotatable bonds is 4. The smallest absolute Gasteiger partial charge is 0.128 e. The van der Waals surface area contributed by atoms with E-state index in [1.54, 1.807) is 12.1 Å². The zero-order chi connectivity index (χ0) is 13.8. The van der Waals surface area contributed by atoms with Gasteiger partial charge in [-0.15, -0.1) is 0 Å². The van der Waals surface area contributed by atoms with Crippen LogP contribution in [0.1, 0.15) is 36.6 Å². The van der Waals surface area contributed by atoms with Crippen molar-refractivity contribution in [2.24, 2.45) is 11.7 Å². The fourth-order valence-electron chi connectivity index (χ4n) is 2.29. The Hall–Kier alpha value is -1.67. The molecule has 1 unspecified atom stereocenters. The molecule has 2 aromatic rings. The van der Waals surface area contributed by atoms with E-state index in [0.717, 1.165) is 12.0 Å². The van der Waals surface area contributed by atoms with Crippen LogP contribution in [0.5, 0.6) is 0 Å². The summed E-state index contributed by atoms with van der Waals surface area (Å²) in [6.07, 6.45) is 1.01. The van der Waals surface area contributed by atoms with Crippen molar-refractivity contribution < 1.29 is 4.39 Å². The predicted octanol–water partition coefficient (Wildman–Crippen LogP) is 4.07. The Morgan fingerprint density at radius 1 is 1.05 bits per heavy atom. The van der Waals surface area contributed by atoms with Gasteiger partial charge in [-0.3, -0.25) is 0 Å². The van der Waals surface area contributed by atoms with Gasteiger partial charge in [0.05, 0.1) is 6.04 Å². The first kappa shape index (κ1) is 13.8. The standard InChI is InChI=1S/C17H20FN/c1-12(2)10-13-6-5-7-14(11-13)17(19)15-8-3-4-9-16(15)18/h3-9,11-12,17H,10,19H2,1-2H3. The molecule has 0 fully saturated rings. The lowest BCUT2D eigenvalue weighted by molar-refractivity contribution is 0.599. The van der Waals surface area contributed by atoms with Gasteiger partial charge in [0.1, 0.15) is 5.82 Å². The molecule has 0 aliphatic rings. The summed E-state index contributed by atoms with van der Waals surface area (Å²) in [5, 5.41) is 0. The maximum Gasteiger partial charge on any atom is 0.128 e. The molecule has 0 aliphatic carbocycles. The highest BCUT2D eigenvalue weighted by Gasteiger charge is 2.13. The fraction of sp³-hybridized carbons (Fsp3) is 0.294. The van der Waals surface area contributed by atoms with Crippen molar-refractivity contribution in [2.45, 2.75) is 26.3 Å². The minimum absolute atomic E-state index is 0.246. The minimum atomic E-state index is -0.409. The topological polar surface area (TPSA) is 26.0 Å². The van der Waals surface area contributed by atoms with Crippen molar-refractivity contribution in [3.05, 3.63) is 71.0 Å². The number of halogens is 1. The molecule has 100 valence electrons. The molecule has 0 amide bonds. The summed E-state index contributed by atoms with van der Waals surface area (Å²) in [6, 6.07) is 14.4. The van der Waals surface area contributed by atoms with Crippen LogP contribution in [-0.4, -0.2) is 0 Å². The third kappa shape index (κ3) is 3.42. The average molecular weight is 257 g/mol. The second kappa shape index (κ2) is 5.98. The van der Waals surface area contributed by atoms with Gasteiger partial charge >= 0.3 is 0 Å². The van der Waals surface area contributed by atoms with E-state index in [9.17, 15) is 4.39 Å². The third-order valence-corrected chi connectivity index (χ3v) is 3.19. The Labute approximate surface area is 114 Å². The Balaban J connectivity index is 2.29. The molecule has 0 saturated carbocycles. The molecule has 0 aromatic heterocycles. The summed E-state index contributed by atoms with van der Waals surface area (Å²) >= 11 is 0. The summed E-state index contributed by atoms with van der Waals surface area (Å²) in [6.45, 7) is 4.37. The molecule has 0 heterocycles. The van der Waals surface area contributed by atoms with Crippen LogP contribution in [0.4, 0.5) is 4.39 Å². The normalized spacial score (nSPS) is 12.7. The highest BCUT2D eigenvalue weighted by Crippen LogP contribution is 2.23. The molecule has 2 heteroatoms. The van der Waals surface area contributed by atoms with E-state index in [0.29, 0.717) is 11.5 Å². The van der Waals surface area contributed by atoms with Gasteiger partial charge in [0.25, 0.3) is 0 Å². The van der Waals surface area contributed by atoms with E-state index in [2.05, 4.69) is 26.0 Å². The van der Waals surface area contributed by atoms with E-state index < -0.39 is 6.04 Å². The molecule has 0 aliphatic heterocycles. The first-order valence-corrected chi connectivity index (χ1v) is 6.66. The van der Waals surface area contributed by atoms with Crippen molar-refractivity contribution in [3.63, 3.8) is 0 Å². The molecule has 0 bridgehead atoms. The van der Waals surface area contributed by atoms with Gasteiger partial charge < -0.3 is 5.73 Å². The minimum Gasteiger partial charge on any atom is -0.320 e. The molecular weight excluding hydrogens is 237 g/mol. The molecule has 0 saturated heterocycles. The highest BCUT2D eigenvalue weighted by atomic mass is 19.1. The number of hydrogen-bond acceptors (Lipinski definition) is 1. The quantitative estimate of drug-likeness (QED) is 0.877. The van der Waals surface area contributed by atoms with Gasteiger partial charge in [0.2, 0.25) is 0 Å². The second-order valence-electron chi connectivity index (χ2n) is 5.34. The predicted molar refractivity (Wildman–Crippen MR) is 77.4 cm³/mol. The third-order valence-electron chi connectivity index (χ3n) is 3.19. The van der Waals surface area contributed by atoms with Gasteiger partial charge in [-0.2, -0.15) is 0 Å². The largest absolute Gasteiger partial charge is 0.320 e. The van der Waals surface area contributed by atoms with Gasteiger partial charge in [0.15, 0.2) is 0 Å². The van der Waals surface area contributed by atoms with Crippen LogP contribution in [0.3, 0.4) is 0 Å². The van der Waals surface area contributed by atoms with E-state index in [1.165, 1.54) is 11.6 Å². The molecule has 2 rings (SSSR count). The van der Waals surface area contributed by atoms with Crippen LogP contribution in [-0.2, 0) is 6.42 Å². The Morgan fingerprint density at radius 2 is 1.79 bits per heavy atom. The molecule has 19 heavy (non-hydrogen) atoms. The summed E-state index contributed by atoms with van der Waals surface area (Å²) in [7, 11) is 0. The maximum absolute atomic E-state index is 13.8. The summed E-state index contributed by atoms with van der Waals surface area (Å²) in [5.74, 6) is 0.351. The zero-order valence-electron chi connectivity index (χ0n) is 11.4. The number of nitrogens with two attached hydrogens (primary N) is 1. The molecule has 0 radical (unpaired) electrons. The van der Waals surface area contributed by atoms with E-state index in [-0.39, 0.29) is 5.82 Å². The molecule has 2 aromatic carbocycles. The van der Waals surface area contributed by atoms with E-state index in [4.69, 9.17) is 5.73 Å². The van der Waals surface area contributed by atoms with Crippen molar-refractivity contribution in [3.8, 4) is 0 Å². The Bertz CT molecular complexity index is 548. The highest BCUT2D eigenvalue weighted by molar-refractivity contribution is 5.34. The summed E-state index contributed by atoms with van der Waals surface area (Å²) < 4.78 is 13.8. The van der Waals surface area contributed by atoms with Crippen molar-refractivity contribution in [1.29, 1.82) is 0 Å². The maximum atomic E-state index is 13.8. The van der Waals surface area contributed by atoms with Crippen LogP contribution in [0.2, 0.25) is 0 Å². The van der Waals surface area contributed by atoms with Crippen LogP contribution >= 0.6 is 0 Å². The number of benzene rings is 2. The van der Waals surface area contributed by atoms with Crippen molar-refractivity contribution in [2.75, 3.05) is 0 Å². The van der Waals surface area contributed by atoms with Gasteiger partial charge in [0, 0.05) is 5.56 Å². The van der Waals surface area contributed by atoms with Gasteiger partial charge in [-0.1, -0.05) is 56.3 Å². The van der Waals surface area contributed by atoms with Crippen molar-refractivity contribution >= 4 is 0 Å². The van der Waals surface area contributed by atoms with Gasteiger partial charge in [-0.05, 0) is 29.5 Å². The van der Waals surface area contributed by atoms with Gasteiger partial charge in [-0.25, -0.2) is 4.39 Å². The molecular formula is C17H20FN. The van der Waals surface area contributed by atoms with Crippen LogP contribution < -0.4 is 5.73 Å². The Kier molecular flexibility index (Phi) is 4.33. The van der Waals surface area contributed by atoms with E-state index in [1.807, 2.05) is 18.2 Å². The molecule has 1 nitrogen and oxygen atoms in total. The summed E-state index contributed by atoms with van der Waals surface area (Å²) in [5.41, 5.74) is 8.93. The SMILES string of the molecule is CC(C)Cc1cccc(C(N)c2ccccc2F)c1. The zero-order valence-corrected chi connectivity index (χ0v) is 11.4. The van der Waals surface area contributed by atoms with Crippen molar-refractivity contribution in [1.82, 2.24) is 0 Å². The fourth-order valence-corrected chi connectivity index (χ4v) is 2.29. The average Bonchev–Trinajstić information content (AvgIpc) is 2.38.